The van der Waals surface area contributed by atoms with Crippen LogP contribution in [0.15, 0.2) is 24.3 Å². The number of hydrogen-bond acceptors (Lipinski definition) is 4. The molecule has 5 nitrogen and oxygen atoms in total. The summed E-state index contributed by atoms with van der Waals surface area (Å²) in [6, 6.07) is 7.16. The average molecular weight is 293 g/mol. The Labute approximate surface area is 125 Å². The van der Waals surface area contributed by atoms with Crippen LogP contribution >= 0.6 is 0 Å². The van der Waals surface area contributed by atoms with E-state index >= 15 is 0 Å². The summed E-state index contributed by atoms with van der Waals surface area (Å²) in [5.74, 6) is 1.53. The third-order valence-electron chi connectivity index (χ3n) is 3.94. The quantitative estimate of drug-likeness (QED) is 0.897. The Kier molecular flexibility index (Phi) is 5.07. The summed E-state index contributed by atoms with van der Waals surface area (Å²) >= 11 is 0. The van der Waals surface area contributed by atoms with Crippen LogP contribution in [0, 0.1) is 5.92 Å². The number of amides is 1. The fraction of sp³-hybridized carbons (Fsp3) is 0.562. The van der Waals surface area contributed by atoms with E-state index in [1.165, 1.54) is 0 Å². The molecule has 5 heteroatoms. The Bertz CT molecular complexity index is 472. The standard InChI is InChI=1S/C16H23NO4/c1-11(18)13-8-9-17(10-13)16(19)12(2)21-15-6-4-14(20-3)5-7-15/h4-7,11-13,18H,8-10H2,1-3H3. The minimum Gasteiger partial charge on any atom is -0.497 e. The van der Waals surface area contributed by atoms with Crippen LogP contribution in [0.3, 0.4) is 0 Å². The van der Waals surface area contributed by atoms with Crippen molar-refractivity contribution in [1.29, 1.82) is 0 Å². The first-order chi connectivity index (χ1) is 10.0. The zero-order valence-corrected chi connectivity index (χ0v) is 12.8. The molecule has 1 aromatic carbocycles. The van der Waals surface area contributed by atoms with Gasteiger partial charge in [-0.1, -0.05) is 0 Å². The maximum absolute atomic E-state index is 12.3. The number of rotatable bonds is 5. The van der Waals surface area contributed by atoms with Crippen molar-refractivity contribution in [3.63, 3.8) is 0 Å². The summed E-state index contributed by atoms with van der Waals surface area (Å²) in [5.41, 5.74) is 0. The second-order valence-corrected chi connectivity index (χ2v) is 5.51. The molecule has 1 amide bonds. The lowest BCUT2D eigenvalue weighted by atomic mass is 10.0. The van der Waals surface area contributed by atoms with Crippen molar-refractivity contribution >= 4 is 5.91 Å². The summed E-state index contributed by atoms with van der Waals surface area (Å²) in [5, 5.41) is 9.59. The predicted octanol–water partition coefficient (Wildman–Crippen LogP) is 1.69. The van der Waals surface area contributed by atoms with E-state index < -0.39 is 6.10 Å². The van der Waals surface area contributed by atoms with Gasteiger partial charge in [0.15, 0.2) is 6.10 Å². The Morgan fingerprint density at radius 3 is 2.43 bits per heavy atom. The summed E-state index contributed by atoms with van der Waals surface area (Å²) in [4.78, 5) is 14.1. The SMILES string of the molecule is COc1ccc(OC(C)C(=O)N2CCC(C(C)O)C2)cc1. The van der Waals surface area contributed by atoms with Crippen LogP contribution < -0.4 is 9.47 Å². The second kappa shape index (κ2) is 6.80. The number of carbonyl (C=O) groups excluding carboxylic acids is 1. The number of hydrogen-bond donors (Lipinski definition) is 1. The fourth-order valence-electron chi connectivity index (χ4n) is 2.55. The Morgan fingerprint density at radius 1 is 1.29 bits per heavy atom. The molecule has 0 aromatic heterocycles. The molecule has 0 bridgehead atoms. The first-order valence-electron chi connectivity index (χ1n) is 7.29. The molecule has 3 atom stereocenters. The summed E-state index contributed by atoms with van der Waals surface area (Å²) in [7, 11) is 1.61. The van der Waals surface area contributed by atoms with Crippen molar-refractivity contribution in [2.24, 2.45) is 5.92 Å². The normalized spacial score (nSPS) is 21.0. The zero-order chi connectivity index (χ0) is 15.4. The molecule has 21 heavy (non-hydrogen) atoms. The van der Waals surface area contributed by atoms with Gasteiger partial charge in [0.05, 0.1) is 13.2 Å². The lowest BCUT2D eigenvalue weighted by Crippen LogP contribution is -2.39. The van der Waals surface area contributed by atoms with E-state index in [1.807, 2.05) is 0 Å². The van der Waals surface area contributed by atoms with Crippen molar-refractivity contribution in [1.82, 2.24) is 4.90 Å². The van der Waals surface area contributed by atoms with Gasteiger partial charge in [0.25, 0.3) is 5.91 Å². The molecule has 1 heterocycles. The monoisotopic (exact) mass is 293 g/mol. The second-order valence-electron chi connectivity index (χ2n) is 5.51. The van der Waals surface area contributed by atoms with E-state index in [2.05, 4.69) is 0 Å². The number of aliphatic hydroxyl groups excluding tert-OH is 1. The van der Waals surface area contributed by atoms with Gasteiger partial charge in [-0.2, -0.15) is 0 Å². The fourth-order valence-corrected chi connectivity index (χ4v) is 2.55. The van der Waals surface area contributed by atoms with Crippen LogP contribution in [0.25, 0.3) is 0 Å². The lowest BCUT2D eigenvalue weighted by molar-refractivity contribution is -0.137. The molecule has 0 spiro atoms. The number of carbonyl (C=O) groups is 1. The number of methoxy groups -OCH3 is 1. The maximum atomic E-state index is 12.3. The van der Waals surface area contributed by atoms with E-state index in [4.69, 9.17) is 9.47 Å². The number of ether oxygens (including phenoxy) is 2. The van der Waals surface area contributed by atoms with Crippen molar-refractivity contribution in [2.45, 2.75) is 32.5 Å². The van der Waals surface area contributed by atoms with Crippen LogP contribution in [-0.4, -0.2) is 48.3 Å². The highest BCUT2D eigenvalue weighted by molar-refractivity contribution is 5.81. The summed E-state index contributed by atoms with van der Waals surface area (Å²) in [6.07, 6.45) is -0.0645. The minimum atomic E-state index is -0.536. The van der Waals surface area contributed by atoms with Crippen LogP contribution in [0.4, 0.5) is 0 Å². The van der Waals surface area contributed by atoms with Gasteiger partial charge in [-0.05, 0) is 44.5 Å². The molecule has 1 aromatic rings. The molecule has 0 aliphatic carbocycles. The molecule has 0 saturated carbocycles. The van der Waals surface area contributed by atoms with E-state index in [0.717, 1.165) is 12.2 Å². The van der Waals surface area contributed by atoms with Gasteiger partial charge in [0.2, 0.25) is 0 Å². The lowest BCUT2D eigenvalue weighted by Gasteiger charge is -2.22. The number of nitrogens with zero attached hydrogens (tertiary/aromatic N) is 1. The highest BCUT2D eigenvalue weighted by Gasteiger charge is 2.31. The Morgan fingerprint density at radius 2 is 1.90 bits per heavy atom. The largest absolute Gasteiger partial charge is 0.497 e. The highest BCUT2D eigenvalue weighted by Crippen LogP contribution is 2.22. The van der Waals surface area contributed by atoms with E-state index in [-0.39, 0.29) is 17.9 Å². The molecule has 3 unspecified atom stereocenters. The van der Waals surface area contributed by atoms with Gasteiger partial charge < -0.3 is 19.5 Å². The molecule has 1 N–H and O–H groups in total. The van der Waals surface area contributed by atoms with Crippen molar-refractivity contribution < 1.29 is 19.4 Å². The van der Waals surface area contributed by atoms with Gasteiger partial charge >= 0.3 is 0 Å². The van der Waals surface area contributed by atoms with E-state index in [1.54, 1.807) is 50.1 Å². The van der Waals surface area contributed by atoms with Crippen molar-refractivity contribution in [2.75, 3.05) is 20.2 Å². The van der Waals surface area contributed by atoms with Crippen molar-refractivity contribution in [3.8, 4) is 11.5 Å². The van der Waals surface area contributed by atoms with Crippen LogP contribution in [-0.2, 0) is 4.79 Å². The average Bonchev–Trinajstić information content (AvgIpc) is 2.97. The Hall–Kier alpha value is -1.75. The Balaban J connectivity index is 1.90. The molecule has 116 valence electrons. The van der Waals surface area contributed by atoms with Crippen molar-refractivity contribution in [3.05, 3.63) is 24.3 Å². The van der Waals surface area contributed by atoms with Gasteiger partial charge in [0, 0.05) is 19.0 Å². The molecule has 2 rings (SSSR count). The topological polar surface area (TPSA) is 59.0 Å². The third kappa shape index (κ3) is 3.88. The summed E-state index contributed by atoms with van der Waals surface area (Å²) < 4.78 is 10.8. The molecule has 1 saturated heterocycles. The third-order valence-corrected chi connectivity index (χ3v) is 3.94. The first-order valence-corrected chi connectivity index (χ1v) is 7.29. The number of likely N-dealkylation sites (tertiary alicyclic amines) is 1. The van der Waals surface area contributed by atoms with Gasteiger partial charge in [-0.25, -0.2) is 0 Å². The molecule has 1 fully saturated rings. The van der Waals surface area contributed by atoms with Crippen LogP contribution in [0.5, 0.6) is 11.5 Å². The van der Waals surface area contributed by atoms with E-state index in [9.17, 15) is 9.90 Å². The van der Waals surface area contributed by atoms with E-state index in [0.29, 0.717) is 18.8 Å². The van der Waals surface area contributed by atoms with Gasteiger partial charge in [0.1, 0.15) is 11.5 Å². The predicted molar refractivity (Wildman–Crippen MR) is 79.5 cm³/mol. The highest BCUT2D eigenvalue weighted by atomic mass is 16.5. The number of aliphatic hydroxyl groups is 1. The number of benzene rings is 1. The minimum absolute atomic E-state index is 0.0334. The molecule has 1 aliphatic heterocycles. The van der Waals surface area contributed by atoms with Crippen LogP contribution in [0.2, 0.25) is 0 Å². The zero-order valence-electron chi connectivity index (χ0n) is 12.8. The molecular weight excluding hydrogens is 270 g/mol. The molecular formula is C16H23NO4. The molecule has 1 aliphatic rings. The van der Waals surface area contributed by atoms with Crippen LogP contribution in [0.1, 0.15) is 20.3 Å². The maximum Gasteiger partial charge on any atom is 0.263 e. The smallest absolute Gasteiger partial charge is 0.263 e. The first kappa shape index (κ1) is 15.6. The summed E-state index contributed by atoms with van der Waals surface area (Å²) in [6.45, 7) is 4.82. The van der Waals surface area contributed by atoms with Gasteiger partial charge in [-0.15, -0.1) is 0 Å². The molecule has 0 radical (unpaired) electrons. The van der Waals surface area contributed by atoms with Gasteiger partial charge in [-0.3, -0.25) is 4.79 Å².